The molecule has 3 aromatic carbocycles. The molecule has 1 aliphatic rings. The Labute approximate surface area is 165 Å². The van der Waals surface area contributed by atoms with Crippen LogP contribution in [0.25, 0.3) is 11.1 Å². The third-order valence-electron chi connectivity index (χ3n) is 5.30. The lowest BCUT2D eigenvalue weighted by Crippen LogP contribution is -2.27. The zero-order chi connectivity index (χ0) is 19.6. The topological polar surface area (TPSA) is 41.5 Å². The molecule has 0 amide bonds. The summed E-state index contributed by atoms with van der Waals surface area (Å²) in [6.07, 6.45) is 0. The van der Waals surface area contributed by atoms with Crippen molar-refractivity contribution in [2.45, 2.75) is 12.5 Å². The van der Waals surface area contributed by atoms with Crippen molar-refractivity contribution in [3.63, 3.8) is 0 Å². The van der Waals surface area contributed by atoms with Gasteiger partial charge in [-0.1, -0.05) is 91.0 Å². The minimum atomic E-state index is -1.27. The highest BCUT2D eigenvalue weighted by Crippen LogP contribution is 2.53. The molecule has 140 valence electrons. The molecule has 0 aliphatic heterocycles. The maximum Gasteiger partial charge on any atom is 0.139 e. The zero-order valence-electron chi connectivity index (χ0n) is 16.0. The van der Waals surface area contributed by atoms with Crippen LogP contribution in [0.4, 0.5) is 0 Å². The molecule has 1 atom stereocenters. The van der Waals surface area contributed by atoms with Crippen molar-refractivity contribution in [3.8, 4) is 0 Å². The zero-order valence-corrected chi connectivity index (χ0v) is 16.0. The third-order valence-corrected chi connectivity index (χ3v) is 5.30. The molecule has 0 saturated carbocycles. The van der Waals surface area contributed by atoms with Gasteiger partial charge in [-0.25, -0.2) is 0 Å². The Morgan fingerprint density at radius 2 is 1.25 bits per heavy atom. The van der Waals surface area contributed by atoms with Crippen molar-refractivity contribution in [1.29, 1.82) is 0 Å². The number of benzene rings is 3. The van der Waals surface area contributed by atoms with Crippen molar-refractivity contribution in [2.24, 2.45) is 0 Å². The Bertz CT molecular complexity index is 1020. The van der Waals surface area contributed by atoms with Crippen LogP contribution < -0.4 is 5.48 Å². The number of aliphatic hydroxyl groups is 1. The SMILES string of the molecule is CONC1=C(C)[C@@](O)(c2ccccc2)C(c2ccccc2)=C1c1ccccc1. The average Bonchev–Trinajstić information content (AvgIpc) is 2.99. The maximum absolute atomic E-state index is 12.2. The molecule has 0 saturated heterocycles. The van der Waals surface area contributed by atoms with Crippen LogP contribution in [0, 0.1) is 0 Å². The van der Waals surface area contributed by atoms with Crippen LogP contribution in [-0.4, -0.2) is 12.2 Å². The summed E-state index contributed by atoms with van der Waals surface area (Å²) in [6, 6.07) is 29.9. The molecule has 0 fully saturated rings. The molecule has 3 heteroatoms. The minimum absolute atomic E-state index is 0.791. The van der Waals surface area contributed by atoms with Gasteiger partial charge in [0.2, 0.25) is 0 Å². The number of hydrogen-bond acceptors (Lipinski definition) is 3. The van der Waals surface area contributed by atoms with Crippen LogP contribution in [0.2, 0.25) is 0 Å². The second kappa shape index (κ2) is 7.47. The van der Waals surface area contributed by atoms with Crippen LogP contribution >= 0.6 is 0 Å². The summed E-state index contributed by atoms with van der Waals surface area (Å²) in [6.45, 7) is 1.95. The van der Waals surface area contributed by atoms with Crippen LogP contribution in [-0.2, 0) is 10.4 Å². The van der Waals surface area contributed by atoms with Gasteiger partial charge >= 0.3 is 0 Å². The second-order valence-corrected chi connectivity index (χ2v) is 6.86. The Hall–Kier alpha value is -3.14. The molecule has 3 aromatic rings. The quantitative estimate of drug-likeness (QED) is 0.627. The maximum atomic E-state index is 12.2. The number of nitrogens with one attached hydrogen (secondary N) is 1. The van der Waals surface area contributed by atoms with Gasteiger partial charge in [-0.2, -0.15) is 0 Å². The summed E-state index contributed by atoms with van der Waals surface area (Å²) >= 11 is 0. The fourth-order valence-corrected chi connectivity index (χ4v) is 3.98. The largest absolute Gasteiger partial charge is 0.376 e. The van der Waals surface area contributed by atoms with Crippen LogP contribution in [0.5, 0.6) is 0 Å². The highest BCUT2D eigenvalue weighted by atomic mass is 16.6. The molecular formula is C25H23NO2. The summed E-state index contributed by atoms with van der Waals surface area (Å²) in [4.78, 5) is 5.31. The van der Waals surface area contributed by atoms with E-state index in [2.05, 4.69) is 17.6 Å². The smallest absolute Gasteiger partial charge is 0.139 e. The van der Waals surface area contributed by atoms with Crippen molar-refractivity contribution in [3.05, 3.63) is 119 Å². The molecule has 0 bridgehead atoms. The van der Waals surface area contributed by atoms with E-state index in [4.69, 9.17) is 4.84 Å². The molecule has 3 nitrogen and oxygen atoms in total. The van der Waals surface area contributed by atoms with E-state index in [0.717, 1.165) is 39.1 Å². The Morgan fingerprint density at radius 3 is 1.79 bits per heavy atom. The summed E-state index contributed by atoms with van der Waals surface area (Å²) in [7, 11) is 1.59. The van der Waals surface area contributed by atoms with Crippen molar-refractivity contribution < 1.29 is 9.94 Å². The van der Waals surface area contributed by atoms with Gasteiger partial charge in [-0.3, -0.25) is 10.3 Å². The van der Waals surface area contributed by atoms with Gasteiger partial charge in [0.25, 0.3) is 0 Å². The van der Waals surface area contributed by atoms with E-state index in [1.807, 2.05) is 85.8 Å². The minimum Gasteiger partial charge on any atom is -0.376 e. The molecule has 0 spiro atoms. The van der Waals surface area contributed by atoms with E-state index in [1.54, 1.807) is 7.11 Å². The van der Waals surface area contributed by atoms with Crippen LogP contribution in [0.15, 0.2) is 102 Å². The van der Waals surface area contributed by atoms with Gasteiger partial charge in [0.1, 0.15) is 5.60 Å². The Morgan fingerprint density at radius 1 is 0.750 bits per heavy atom. The fraction of sp³-hybridized carbons (Fsp3) is 0.120. The van der Waals surface area contributed by atoms with E-state index in [1.165, 1.54) is 0 Å². The lowest BCUT2D eigenvalue weighted by molar-refractivity contribution is 0.113. The van der Waals surface area contributed by atoms with Gasteiger partial charge in [0.15, 0.2) is 0 Å². The summed E-state index contributed by atoms with van der Waals surface area (Å²) in [5.74, 6) is 0. The predicted octanol–water partition coefficient (Wildman–Crippen LogP) is 4.92. The molecule has 2 N–H and O–H groups in total. The lowest BCUT2D eigenvalue weighted by atomic mass is 9.79. The Balaban J connectivity index is 2.09. The van der Waals surface area contributed by atoms with Crippen molar-refractivity contribution in [2.75, 3.05) is 7.11 Å². The molecule has 0 unspecified atom stereocenters. The first kappa shape index (κ1) is 18.2. The Kier molecular flexibility index (Phi) is 4.86. The number of hydrogen-bond donors (Lipinski definition) is 2. The summed E-state index contributed by atoms with van der Waals surface area (Å²) < 4.78 is 0. The summed E-state index contributed by atoms with van der Waals surface area (Å²) in [5.41, 5.74) is 7.97. The van der Waals surface area contributed by atoms with Crippen molar-refractivity contribution >= 4 is 11.1 Å². The molecule has 0 heterocycles. The number of rotatable bonds is 5. The van der Waals surface area contributed by atoms with E-state index in [9.17, 15) is 5.11 Å². The van der Waals surface area contributed by atoms with Gasteiger partial charge in [-0.15, -0.1) is 0 Å². The number of allylic oxidation sites excluding steroid dienone is 1. The first-order chi connectivity index (χ1) is 13.7. The van der Waals surface area contributed by atoms with Gasteiger partial charge < -0.3 is 5.11 Å². The normalized spacial score (nSPS) is 19.2. The molecule has 1 aliphatic carbocycles. The van der Waals surface area contributed by atoms with E-state index >= 15 is 0 Å². The van der Waals surface area contributed by atoms with E-state index in [0.29, 0.717) is 0 Å². The molecule has 4 rings (SSSR count). The molecule has 0 radical (unpaired) electrons. The van der Waals surface area contributed by atoms with Gasteiger partial charge in [0, 0.05) is 11.1 Å². The first-order valence-corrected chi connectivity index (χ1v) is 9.32. The first-order valence-electron chi connectivity index (χ1n) is 9.32. The second-order valence-electron chi connectivity index (χ2n) is 6.86. The van der Waals surface area contributed by atoms with E-state index in [-0.39, 0.29) is 0 Å². The van der Waals surface area contributed by atoms with Crippen LogP contribution in [0.3, 0.4) is 0 Å². The molecule has 28 heavy (non-hydrogen) atoms. The van der Waals surface area contributed by atoms with Gasteiger partial charge in [0.05, 0.1) is 12.8 Å². The standard InChI is InChI=1S/C25H23NO2/c1-18-24(26-28-2)22(19-12-6-3-7-13-19)23(20-14-8-4-9-15-20)25(18,27)21-16-10-5-11-17-21/h3-17,26-27H,1-2H3/t25-/m1/s1. The van der Waals surface area contributed by atoms with Gasteiger partial charge in [-0.05, 0) is 29.2 Å². The number of hydroxylamine groups is 1. The fourth-order valence-electron chi connectivity index (χ4n) is 3.98. The highest BCUT2D eigenvalue weighted by molar-refractivity contribution is 6.06. The molecular weight excluding hydrogens is 346 g/mol. The predicted molar refractivity (Wildman–Crippen MR) is 113 cm³/mol. The lowest BCUT2D eigenvalue weighted by Gasteiger charge is -2.30. The average molecular weight is 369 g/mol. The summed E-state index contributed by atoms with van der Waals surface area (Å²) in [5, 5.41) is 12.2. The van der Waals surface area contributed by atoms with Crippen molar-refractivity contribution in [1.82, 2.24) is 5.48 Å². The van der Waals surface area contributed by atoms with Crippen LogP contribution in [0.1, 0.15) is 23.6 Å². The third kappa shape index (κ3) is 2.85. The monoisotopic (exact) mass is 369 g/mol. The molecule has 0 aromatic heterocycles. The van der Waals surface area contributed by atoms with E-state index < -0.39 is 5.60 Å². The highest BCUT2D eigenvalue weighted by Gasteiger charge is 2.46.